The average molecular weight is 238 g/mol. The van der Waals surface area contributed by atoms with Crippen LogP contribution in [0.3, 0.4) is 0 Å². The fraction of sp³-hybridized carbons (Fsp3) is 0.0667. The van der Waals surface area contributed by atoms with Crippen molar-refractivity contribution in [1.82, 2.24) is 0 Å². The summed E-state index contributed by atoms with van der Waals surface area (Å²) in [6.07, 6.45) is 0. The van der Waals surface area contributed by atoms with E-state index in [9.17, 15) is 14.7 Å². The lowest BCUT2D eigenvalue weighted by atomic mass is 9.99. The van der Waals surface area contributed by atoms with Crippen LogP contribution in [0, 0.1) is 0 Å². The Labute approximate surface area is 102 Å². The maximum Gasteiger partial charge on any atom is 0.201 e. The van der Waals surface area contributed by atoms with Gasteiger partial charge in [0.25, 0.3) is 0 Å². The third kappa shape index (κ3) is 1.24. The Kier molecular flexibility index (Phi) is 2.10. The number of hydrogen-bond acceptors (Lipinski definition) is 3. The highest BCUT2D eigenvalue weighted by molar-refractivity contribution is 6.09. The van der Waals surface area contributed by atoms with E-state index in [-0.39, 0.29) is 11.0 Å². The van der Waals surface area contributed by atoms with Gasteiger partial charge in [0.15, 0.2) is 0 Å². The van der Waals surface area contributed by atoms with Gasteiger partial charge >= 0.3 is 0 Å². The van der Waals surface area contributed by atoms with E-state index >= 15 is 0 Å². The second-order valence-electron chi connectivity index (χ2n) is 4.33. The van der Waals surface area contributed by atoms with E-state index < -0.39 is 10.9 Å². The summed E-state index contributed by atoms with van der Waals surface area (Å²) >= 11 is 0. The van der Waals surface area contributed by atoms with E-state index in [4.69, 9.17) is 0 Å². The minimum atomic E-state index is -0.399. The van der Waals surface area contributed by atoms with Gasteiger partial charge in [-0.15, -0.1) is 0 Å². The zero-order chi connectivity index (χ0) is 12.9. The molecular formula is C15H10O3. The first kappa shape index (κ1) is 10.7. The van der Waals surface area contributed by atoms with E-state index in [1.165, 1.54) is 6.92 Å². The summed E-state index contributed by atoms with van der Waals surface area (Å²) in [6.45, 7) is 1.36. The zero-order valence-electron chi connectivity index (χ0n) is 9.73. The molecule has 0 amide bonds. The fourth-order valence-corrected chi connectivity index (χ4v) is 2.42. The summed E-state index contributed by atoms with van der Waals surface area (Å²) in [4.78, 5) is 24.4. The van der Waals surface area contributed by atoms with Gasteiger partial charge < -0.3 is 5.11 Å². The van der Waals surface area contributed by atoms with Crippen LogP contribution in [-0.2, 0) is 0 Å². The lowest BCUT2D eigenvalue weighted by Gasteiger charge is -2.03. The highest BCUT2D eigenvalue weighted by Gasteiger charge is 2.11. The molecule has 3 aromatic carbocycles. The van der Waals surface area contributed by atoms with E-state index in [1.807, 2.05) is 12.1 Å². The fourth-order valence-electron chi connectivity index (χ4n) is 2.42. The molecule has 0 aliphatic heterocycles. The number of rotatable bonds is 0. The second kappa shape index (κ2) is 3.53. The maximum absolute atomic E-state index is 12.2. The minimum absolute atomic E-state index is 0.124. The topological polar surface area (TPSA) is 54.4 Å². The lowest BCUT2D eigenvalue weighted by molar-refractivity contribution is 0.498. The summed E-state index contributed by atoms with van der Waals surface area (Å²) in [5.74, 6) is -0.225. The Morgan fingerprint density at radius 1 is 0.944 bits per heavy atom. The molecule has 1 N–H and O–H groups in total. The maximum atomic E-state index is 12.2. The van der Waals surface area contributed by atoms with Gasteiger partial charge in [0.2, 0.25) is 10.9 Å². The molecule has 0 unspecified atom stereocenters. The van der Waals surface area contributed by atoms with Crippen molar-refractivity contribution in [1.29, 1.82) is 0 Å². The van der Waals surface area contributed by atoms with Gasteiger partial charge in [-0.25, -0.2) is 0 Å². The van der Waals surface area contributed by atoms with Crippen molar-refractivity contribution < 1.29 is 5.11 Å². The van der Waals surface area contributed by atoms with Crippen LogP contribution in [0.15, 0.2) is 46.0 Å². The molecular weight excluding hydrogens is 228 g/mol. The van der Waals surface area contributed by atoms with Crippen molar-refractivity contribution in [3.63, 3.8) is 0 Å². The van der Waals surface area contributed by atoms with Gasteiger partial charge in [-0.05, 0) is 12.3 Å². The molecule has 0 saturated carbocycles. The third-order valence-electron chi connectivity index (χ3n) is 3.21. The van der Waals surface area contributed by atoms with Gasteiger partial charge in [-0.2, -0.15) is 0 Å². The quantitative estimate of drug-likeness (QED) is 0.646. The first-order chi connectivity index (χ1) is 8.61. The summed E-state index contributed by atoms with van der Waals surface area (Å²) in [5, 5.41) is 11.9. The predicted octanol–water partition coefficient (Wildman–Crippen LogP) is 1.56. The Morgan fingerprint density at radius 3 is 1.89 bits per heavy atom. The van der Waals surface area contributed by atoms with Gasteiger partial charge in [0.05, 0.1) is 0 Å². The van der Waals surface area contributed by atoms with Crippen molar-refractivity contribution in [2.24, 2.45) is 0 Å². The first-order valence-electron chi connectivity index (χ1n) is 5.62. The van der Waals surface area contributed by atoms with Gasteiger partial charge in [-0.3, -0.25) is 9.59 Å². The predicted molar refractivity (Wildman–Crippen MR) is 72.1 cm³/mol. The molecule has 0 aromatic heterocycles. The number of benzene rings is 3. The third-order valence-corrected chi connectivity index (χ3v) is 3.21. The number of aliphatic hydroxyl groups is 1. The van der Waals surface area contributed by atoms with Crippen LogP contribution >= 0.6 is 0 Å². The van der Waals surface area contributed by atoms with Crippen LogP contribution in [-0.4, -0.2) is 5.11 Å². The summed E-state index contributed by atoms with van der Waals surface area (Å²) in [6, 6.07) is 10.7. The molecule has 0 atom stereocenters. The minimum Gasteiger partial charge on any atom is -0.512 e. The van der Waals surface area contributed by atoms with Gasteiger partial charge in [0, 0.05) is 16.2 Å². The molecule has 0 bridgehead atoms. The zero-order valence-corrected chi connectivity index (χ0v) is 9.73. The van der Waals surface area contributed by atoms with Crippen LogP contribution < -0.4 is 16.1 Å². The molecule has 3 heteroatoms. The van der Waals surface area contributed by atoms with Crippen LogP contribution in [0.2, 0.25) is 0 Å². The molecule has 0 fully saturated rings. The molecule has 3 nitrogen and oxygen atoms in total. The Morgan fingerprint density at radius 2 is 1.44 bits per heavy atom. The molecule has 0 aliphatic rings. The lowest BCUT2D eigenvalue weighted by Crippen LogP contribution is -2.40. The molecule has 0 saturated heterocycles. The summed E-state index contributed by atoms with van der Waals surface area (Å²) in [5.41, 5.74) is -0.798. The van der Waals surface area contributed by atoms with E-state index in [0.29, 0.717) is 16.2 Å². The standard InChI is InChI=1S/C15H10O3/c1-8(16)12-14(17)10-6-2-4-9-5-3-7-11(13(9)10)15(12)18/h2-7,16H,1H3. The molecule has 3 rings (SSSR count). The van der Waals surface area contributed by atoms with Crippen LogP contribution in [0.5, 0.6) is 0 Å². The second-order valence-corrected chi connectivity index (χ2v) is 4.33. The molecule has 88 valence electrons. The molecule has 0 aliphatic carbocycles. The van der Waals surface area contributed by atoms with E-state index in [1.54, 1.807) is 24.3 Å². The Bertz CT molecular complexity index is 856. The van der Waals surface area contributed by atoms with Crippen molar-refractivity contribution in [3.8, 4) is 0 Å². The van der Waals surface area contributed by atoms with Crippen molar-refractivity contribution in [2.45, 2.75) is 6.92 Å². The molecule has 0 heterocycles. The van der Waals surface area contributed by atoms with Gasteiger partial charge in [0.1, 0.15) is 11.0 Å². The van der Waals surface area contributed by atoms with Crippen LogP contribution in [0.4, 0.5) is 0 Å². The largest absolute Gasteiger partial charge is 0.512 e. The Balaban J connectivity index is 2.89. The smallest absolute Gasteiger partial charge is 0.201 e. The molecule has 0 radical (unpaired) electrons. The van der Waals surface area contributed by atoms with Gasteiger partial charge in [-0.1, -0.05) is 36.4 Å². The SMILES string of the molecule is CC(O)=c1c(=O)c2cccc3cccc(c1=O)c32. The van der Waals surface area contributed by atoms with Crippen LogP contribution in [0.1, 0.15) is 6.92 Å². The Hall–Kier alpha value is -2.42. The molecule has 3 aromatic rings. The highest BCUT2D eigenvalue weighted by atomic mass is 16.3. The van der Waals surface area contributed by atoms with E-state index in [0.717, 1.165) is 5.39 Å². The monoisotopic (exact) mass is 238 g/mol. The van der Waals surface area contributed by atoms with Crippen molar-refractivity contribution >= 4 is 27.3 Å². The first-order valence-corrected chi connectivity index (χ1v) is 5.62. The normalized spacial score (nSPS) is 11.2. The summed E-state index contributed by atoms with van der Waals surface area (Å²) < 4.78 is 0. The average Bonchev–Trinajstić information content (AvgIpc) is 2.35. The molecule has 18 heavy (non-hydrogen) atoms. The highest BCUT2D eigenvalue weighted by Crippen LogP contribution is 2.20. The van der Waals surface area contributed by atoms with Crippen molar-refractivity contribution in [3.05, 3.63) is 62.1 Å². The molecule has 0 spiro atoms. The van der Waals surface area contributed by atoms with Crippen molar-refractivity contribution in [2.75, 3.05) is 0 Å². The van der Waals surface area contributed by atoms with E-state index in [2.05, 4.69) is 0 Å². The number of hydrogen-bond donors (Lipinski definition) is 1. The van der Waals surface area contributed by atoms with Crippen LogP contribution in [0.25, 0.3) is 27.3 Å². The summed E-state index contributed by atoms with van der Waals surface area (Å²) in [7, 11) is 0. The number of aliphatic hydroxyl groups excluding tert-OH is 1.